The van der Waals surface area contributed by atoms with Gasteiger partial charge in [-0.25, -0.2) is 0 Å². The van der Waals surface area contributed by atoms with Crippen molar-refractivity contribution in [3.63, 3.8) is 0 Å². The first kappa shape index (κ1) is 12.4. The smallest absolute Gasteiger partial charge is 0.227 e. The standard InChI is InChI=1S/C15H15ClN2O/c1-10-4-5-13(12-3-2-6-17-15(10)12)18-9-11(8-16)7-14(18)19/h2-6,11H,7-9H2,1H3. The number of aromatic nitrogens is 1. The molecule has 0 aliphatic carbocycles. The summed E-state index contributed by atoms with van der Waals surface area (Å²) in [4.78, 5) is 18.4. The number of hydrogen-bond acceptors (Lipinski definition) is 2. The van der Waals surface area contributed by atoms with Crippen molar-refractivity contribution in [2.24, 2.45) is 5.92 Å². The average molecular weight is 275 g/mol. The third kappa shape index (κ3) is 2.08. The lowest BCUT2D eigenvalue weighted by atomic mass is 10.1. The summed E-state index contributed by atoms with van der Waals surface area (Å²) in [5, 5.41) is 1.03. The van der Waals surface area contributed by atoms with Crippen LogP contribution in [0.4, 0.5) is 5.69 Å². The van der Waals surface area contributed by atoms with Crippen molar-refractivity contribution in [1.29, 1.82) is 0 Å². The van der Waals surface area contributed by atoms with Crippen molar-refractivity contribution in [2.45, 2.75) is 13.3 Å². The first-order valence-corrected chi connectivity index (χ1v) is 6.95. The molecule has 3 nitrogen and oxygen atoms in total. The average Bonchev–Trinajstić information content (AvgIpc) is 2.81. The molecule has 0 radical (unpaired) electrons. The fraction of sp³-hybridized carbons (Fsp3) is 0.333. The molecule has 1 saturated heterocycles. The van der Waals surface area contributed by atoms with E-state index in [9.17, 15) is 4.79 Å². The van der Waals surface area contributed by atoms with Crippen LogP contribution in [0.3, 0.4) is 0 Å². The van der Waals surface area contributed by atoms with Gasteiger partial charge in [-0.15, -0.1) is 11.6 Å². The van der Waals surface area contributed by atoms with E-state index in [-0.39, 0.29) is 11.8 Å². The van der Waals surface area contributed by atoms with E-state index in [0.717, 1.165) is 22.2 Å². The summed E-state index contributed by atoms with van der Waals surface area (Å²) in [7, 11) is 0. The van der Waals surface area contributed by atoms with E-state index in [1.165, 1.54) is 0 Å². The molecule has 19 heavy (non-hydrogen) atoms. The molecule has 1 unspecified atom stereocenters. The normalized spacial score (nSPS) is 19.4. The van der Waals surface area contributed by atoms with Gasteiger partial charge in [0.15, 0.2) is 0 Å². The number of alkyl halides is 1. The molecule has 2 aromatic rings. The van der Waals surface area contributed by atoms with Gasteiger partial charge in [-0.2, -0.15) is 0 Å². The number of anilines is 1. The van der Waals surface area contributed by atoms with Crippen LogP contribution in [0.25, 0.3) is 10.9 Å². The Labute approximate surface area is 117 Å². The maximum Gasteiger partial charge on any atom is 0.227 e. The van der Waals surface area contributed by atoms with Crippen LogP contribution in [-0.2, 0) is 4.79 Å². The van der Waals surface area contributed by atoms with E-state index in [0.29, 0.717) is 18.8 Å². The first-order chi connectivity index (χ1) is 9.20. The maximum absolute atomic E-state index is 12.1. The molecule has 4 heteroatoms. The number of halogens is 1. The predicted molar refractivity (Wildman–Crippen MR) is 77.7 cm³/mol. The van der Waals surface area contributed by atoms with Crippen LogP contribution < -0.4 is 4.90 Å². The number of fused-ring (bicyclic) bond motifs is 1. The van der Waals surface area contributed by atoms with Crippen LogP contribution in [0.15, 0.2) is 30.5 Å². The quantitative estimate of drug-likeness (QED) is 0.788. The van der Waals surface area contributed by atoms with Crippen molar-refractivity contribution in [1.82, 2.24) is 4.98 Å². The number of aryl methyl sites for hydroxylation is 1. The van der Waals surface area contributed by atoms with Gasteiger partial charge < -0.3 is 4.90 Å². The van der Waals surface area contributed by atoms with Crippen molar-refractivity contribution < 1.29 is 4.79 Å². The topological polar surface area (TPSA) is 33.2 Å². The minimum absolute atomic E-state index is 0.152. The lowest BCUT2D eigenvalue weighted by molar-refractivity contribution is -0.117. The zero-order chi connectivity index (χ0) is 13.4. The summed E-state index contributed by atoms with van der Waals surface area (Å²) >= 11 is 5.88. The second-order valence-electron chi connectivity index (χ2n) is 5.03. The van der Waals surface area contributed by atoms with Crippen LogP contribution in [0, 0.1) is 12.8 Å². The number of carbonyl (C=O) groups excluding carboxylic acids is 1. The van der Waals surface area contributed by atoms with Crippen LogP contribution in [-0.4, -0.2) is 23.3 Å². The predicted octanol–water partition coefficient (Wildman–Crippen LogP) is 3.13. The molecule has 1 amide bonds. The van der Waals surface area contributed by atoms with Crippen molar-refractivity contribution >= 4 is 34.1 Å². The Balaban J connectivity index is 2.11. The summed E-state index contributed by atoms with van der Waals surface area (Å²) < 4.78 is 0. The van der Waals surface area contributed by atoms with Gasteiger partial charge in [0.25, 0.3) is 0 Å². The van der Waals surface area contributed by atoms with E-state index < -0.39 is 0 Å². The van der Waals surface area contributed by atoms with Crippen LogP contribution in [0.1, 0.15) is 12.0 Å². The Kier molecular flexibility index (Phi) is 3.15. The van der Waals surface area contributed by atoms with E-state index in [4.69, 9.17) is 11.6 Å². The Hall–Kier alpha value is -1.61. The number of benzene rings is 1. The molecule has 0 spiro atoms. The van der Waals surface area contributed by atoms with Crippen molar-refractivity contribution in [3.8, 4) is 0 Å². The highest BCUT2D eigenvalue weighted by Gasteiger charge is 2.30. The van der Waals surface area contributed by atoms with E-state index in [1.54, 1.807) is 6.20 Å². The molecule has 1 aliphatic rings. The van der Waals surface area contributed by atoms with Gasteiger partial charge in [-0.3, -0.25) is 9.78 Å². The lowest BCUT2D eigenvalue weighted by Gasteiger charge is -2.19. The SMILES string of the molecule is Cc1ccc(N2CC(CCl)CC2=O)c2cccnc12. The Bertz CT molecular complexity index is 641. The van der Waals surface area contributed by atoms with E-state index >= 15 is 0 Å². The number of hydrogen-bond donors (Lipinski definition) is 0. The summed E-state index contributed by atoms with van der Waals surface area (Å²) in [6.45, 7) is 2.74. The summed E-state index contributed by atoms with van der Waals surface area (Å²) in [6, 6.07) is 7.96. The molecule has 0 N–H and O–H groups in total. The third-order valence-corrected chi connectivity index (χ3v) is 4.10. The molecule has 98 valence electrons. The third-order valence-electron chi connectivity index (χ3n) is 3.66. The monoisotopic (exact) mass is 274 g/mol. The molecule has 1 aromatic carbocycles. The summed E-state index contributed by atoms with van der Waals surface area (Å²) in [5.74, 6) is 0.937. The molecule has 1 aliphatic heterocycles. The Morgan fingerprint density at radius 2 is 2.26 bits per heavy atom. The van der Waals surface area contributed by atoms with E-state index in [1.807, 2.05) is 36.1 Å². The number of amides is 1. The molecular formula is C15H15ClN2O. The first-order valence-electron chi connectivity index (χ1n) is 6.41. The van der Waals surface area contributed by atoms with Crippen LogP contribution in [0.5, 0.6) is 0 Å². The van der Waals surface area contributed by atoms with Crippen LogP contribution in [0.2, 0.25) is 0 Å². The van der Waals surface area contributed by atoms with Gasteiger partial charge in [-0.05, 0) is 36.6 Å². The fourth-order valence-electron chi connectivity index (χ4n) is 2.65. The second kappa shape index (κ2) is 4.82. The molecule has 3 rings (SSSR count). The minimum Gasteiger partial charge on any atom is -0.311 e. The summed E-state index contributed by atoms with van der Waals surface area (Å²) in [5.41, 5.74) is 3.04. The van der Waals surface area contributed by atoms with Gasteiger partial charge >= 0.3 is 0 Å². The molecule has 0 saturated carbocycles. The lowest BCUT2D eigenvalue weighted by Crippen LogP contribution is -2.25. The molecule has 2 heterocycles. The number of nitrogens with zero attached hydrogens (tertiary/aromatic N) is 2. The zero-order valence-electron chi connectivity index (χ0n) is 10.8. The highest BCUT2D eigenvalue weighted by Crippen LogP contribution is 2.32. The van der Waals surface area contributed by atoms with Gasteiger partial charge in [-0.1, -0.05) is 6.07 Å². The molecule has 1 atom stereocenters. The molecular weight excluding hydrogens is 260 g/mol. The highest BCUT2D eigenvalue weighted by atomic mass is 35.5. The fourth-order valence-corrected chi connectivity index (χ4v) is 2.86. The highest BCUT2D eigenvalue weighted by molar-refractivity contribution is 6.18. The number of carbonyl (C=O) groups is 1. The second-order valence-corrected chi connectivity index (χ2v) is 5.34. The molecule has 0 bridgehead atoms. The number of pyridine rings is 1. The Morgan fingerprint density at radius 1 is 1.42 bits per heavy atom. The van der Waals surface area contributed by atoms with Gasteiger partial charge in [0, 0.05) is 30.4 Å². The Morgan fingerprint density at radius 3 is 3.00 bits per heavy atom. The van der Waals surface area contributed by atoms with E-state index in [2.05, 4.69) is 4.98 Å². The van der Waals surface area contributed by atoms with Gasteiger partial charge in [0.1, 0.15) is 0 Å². The van der Waals surface area contributed by atoms with Crippen molar-refractivity contribution in [2.75, 3.05) is 17.3 Å². The maximum atomic E-state index is 12.1. The van der Waals surface area contributed by atoms with Gasteiger partial charge in [0.2, 0.25) is 5.91 Å². The minimum atomic E-state index is 0.152. The molecule has 1 aromatic heterocycles. The van der Waals surface area contributed by atoms with Crippen LogP contribution >= 0.6 is 11.6 Å². The van der Waals surface area contributed by atoms with Gasteiger partial charge in [0.05, 0.1) is 11.2 Å². The largest absolute Gasteiger partial charge is 0.311 e. The molecule has 1 fully saturated rings. The zero-order valence-corrected chi connectivity index (χ0v) is 11.5. The number of rotatable bonds is 2. The summed E-state index contributed by atoms with van der Waals surface area (Å²) in [6.07, 6.45) is 2.33. The van der Waals surface area contributed by atoms with Crippen molar-refractivity contribution in [3.05, 3.63) is 36.0 Å².